The lowest BCUT2D eigenvalue weighted by atomic mass is 9.84. The highest BCUT2D eigenvalue weighted by molar-refractivity contribution is 6.11. The van der Waals surface area contributed by atoms with Gasteiger partial charge in [0.15, 0.2) is 0 Å². The maximum absolute atomic E-state index is 6.25. The smallest absolute Gasteiger partial charge is 0.127 e. The predicted molar refractivity (Wildman–Crippen MR) is 287 cm³/mol. The van der Waals surface area contributed by atoms with Crippen LogP contribution in [0, 0.1) is 0 Å². The fourth-order valence-corrected chi connectivity index (χ4v) is 10.4. The van der Waals surface area contributed by atoms with Crippen molar-refractivity contribution in [3.63, 3.8) is 0 Å². The number of ether oxygens (including phenoxy) is 1. The first-order valence-electron chi connectivity index (χ1n) is 24.6. The number of para-hydroxylation sites is 2. The fourth-order valence-electron chi connectivity index (χ4n) is 10.4. The number of aromatic nitrogens is 1. The summed E-state index contributed by atoms with van der Waals surface area (Å²) in [4.78, 5) is 2.31. The van der Waals surface area contributed by atoms with Gasteiger partial charge < -0.3 is 14.2 Å². The fraction of sp³-hybridized carbons (Fsp3) is 0.169. The summed E-state index contributed by atoms with van der Waals surface area (Å²) >= 11 is 0. The molecule has 68 heavy (non-hydrogen) atoms. The van der Waals surface area contributed by atoms with Gasteiger partial charge in [0.2, 0.25) is 0 Å². The number of hydrogen-bond acceptors (Lipinski definition) is 2. The number of hydrogen-bond donors (Lipinski definition) is 0. The summed E-state index contributed by atoms with van der Waals surface area (Å²) in [7, 11) is 0. The van der Waals surface area contributed by atoms with Crippen LogP contribution in [0.3, 0.4) is 0 Å². The Kier molecular flexibility index (Phi) is 11.7. The van der Waals surface area contributed by atoms with Gasteiger partial charge in [-0.1, -0.05) is 143 Å². The van der Waals surface area contributed by atoms with Crippen LogP contribution in [0.2, 0.25) is 0 Å². The molecule has 0 saturated carbocycles. The average molecular weight is 883 g/mol. The van der Waals surface area contributed by atoms with Crippen LogP contribution in [0.4, 0.5) is 17.1 Å². The van der Waals surface area contributed by atoms with Crippen molar-refractivity contribution in [2.24, 2.45) is 0 Å². The van der Waals surface area contributed by atoms with Gasteiger partial charge in [0.1, 0.15) is 11.5 Å². The van der Waals surface area contributed by atoms with E-state index in [0.717, 1.165) is 47.8 Å². The molecule has 0 saturated heterocycles. The van der Waals surface area contributed by atoms with Gasteiger partial charge in [-0.15, -0.1) is 0 Å². The molecule has 2 unspecified atom stereocenters. The van der Waals surface area contributed by atoms with Gasteiger partial charge in [-0.05, 0) is 191 Å². The van der Waals surface area contributed by atoms with Gasteiger partial charge in [0.25, 0.3) is 0 Å². The molecule has 1 heterocycles. The van der Waals surface area contributed by atoms with Gasteiger partial charge >= 0.3 is 0 Å². The zero-order valence-corrected chi connectivity index (χ0v) is 39.6. The van der Waals surface area contributed by atoms with Crippen molar-refractivity contribution in [2.75, 3.05) is 4.90 Å². The van der Waals surface area contributed by atoms with E-state index < -0.39 is 0 Å². The van der Waals surface area contributed by atoms with Gasteiger partial charge in [-0.25, -0.2) is 0 Å². The van der Waals surface area contributed by atoms with Crippen LogP contribution in [-0.2, 0) is 12.8 Å². The van der Waals surface area contributed by atoms with Crippen molar-refractivity contribution in [3.8, 4) is 39.4 Å². The minimum atomic E-state index is 0.419. The topological polar surface area (TPSA) is 17.4 Å². The Balaban J connectivity index is 0.879. The Morgan fingerprint density at radius 1 is 0.456 bits per heavy atom. The normalized spacial score (nSPS) is 13.0. The summed E-state index contributed by atoms with van der Waals surface area (Å²) in [5, 5.41) is 2.49. The van der Waals surface area contributed by atoms with Crippen molar-refractivity contribution in [2.45, 2.75) is 71.1 Å². The minimum Gasteiger partial charge on any atom is -0.457 e. The maximum atomic E-state index is 6.25. The van der Waals surface area contributed by atoms with Crippen LogP contribution in [-0.4, -0.2) is 4.57 Å². The lowest BCUT2D eigenvalue weighted by Crippen LogP contribution is -2.09. The SMILES string of the molecule is CCC(CC(C)c1ccc(-c2ccc3c(c2)c2cc(-c4ccc(N(c5ccccc5)c5ccccc5)cc4)ccc2n3-c2ccc(C(C)C)cc2)cc1)c1ccc(Oc2ccc3c(c2)CC3)cc1. The van der Waals surface area contributed by atoms with Gasteiger partial charge in [0, 0.05) is 33.5 Å². The van der Waals surface area contributed by atoms with Crippen LogP contribution in [0.1, 0.15) is 86.1 Å². The Bertz CT molecular complexity index is 3290. The number of aryl methyl sites for hydroxylation is 2. The zero-order valence-electron chi connectivity index (χ0n) is 39.6. The molecule has 0 bridgehead atoms. The first kappa shape index (κ1) is 43.0. The highest BCUT2D eigenvalue weighted by atomic mass is 16.5. The van der Waals surface area contributed by atoms with Crippen LogP contribution in [0.25, 0.3) is 49.7 Å². The molecule has 1 aliphatic carbocycles. The molecule has 3 nitrogen and oxygen atoms in total. The summed E-state index contributed by atoms with van der Waals surface area (Å²) in [5.41, 5.74) is 18.8. The van der Waals surface area contributed by atoms with E-state index in [1.165, 1.54) is 84.0 Å². The van der Waals surface area contributed by atoms with E-state index in [1.807, 2.05) is 0 Å². The van der Waals surface area contributed by atoms with Gasteiger partial charge in [-0.3, -0.25) is 0 Å². The first-order valence-corrected chi connectivity index (χ1v) is 24.6. The van der Waals surface area contributed by atoms with Crippen molar-refractivity contribution in [1.29, 1.82) is 0 Å². The van der Waals surface area contributed by atoms with E-state index >= 15 is 0 Å². The average Bonchev–Trinajstić information content (AvgIpc) is 3.70. The third-order valence-electron chi connectivity index (χ3n) is 14.4. The second-order valence-electron chi connectivity index (χ2n) is 19.1. The van der Waals surface area contributed by atoms with Crippen molar-refractivity contribution >= 4 is 38.9 Å². The molecule has 2 atom stereocenters. The minimum absolute atomic E-state index is 0.419. The number of anilines is 3. The summed E-state index contributed by atoms with van der Waals surface area (Å²) in [6.45, 7) is 9.20. The Morgan fingerprint density at radius 3 is 1.49 bits per heavy atom. The number of rotatable bonds is 14. The Morgan fingerprint density at radius 2 is 0.956 bits per heavy atom. The van der Waals surface area contributed by atoms with E-state index in [2.05, 4.69) is 249 Å². The summed E-state index contributed by atoms with van der Waals surface area (Å²) in [5.74, 6) is 3.19. The lowest BCUT2D eigenvalue weighted by Gasteiger charge is -2.25. The monoisotopic (exact) mass is 882 g/mol. The third kappa shape index (κ3) is 8.50. The highest BCUT2D eigenvalue weighted by Crippen LogP contribution is 2.41. The van der Waals surface area contributed by atoms with E-state index in [4.69, 9.17) is 4.74 Å². The summed E-state index contributed by atoms with van der Waals surface area (Å²) in [6, 6.07) is 78.0. The van der Waals surface area contributed by atoms with Crippen LogP contribution < -0.4 is 9.64 Å². The lowest BCUT2D eigenvalue weighted by molar-refractivity contribution is 0.479. The molecular weight excluding hydrogens is 825 g/mol. The summed E-state index contributed by atoms with van der Waals surface area (Å²) in [6.07, 6.45) is 4.53. The molecular formula is C65H58N2O. The third-order valence-corrected chi connectivity index (χ3v) is 14.4. The van der Waals surface area contributed by atoms with E-state index in [9.17, 15) is 0 Å². The summed E-state index contributed by atoms with van der Waals surface area (Å²) < 4.78 is 8.68. The largest absolute Gasteiger partial charge is 0.457 e. The van der Waals surface area contributed by atoms with Crippen LogP contribution >= 0.6 is 0 Å². The molecule has 0 aliphatic heterocycles. The molecule has 9 aromatic carbocycles. The molecule has 1 aromatic heterocycles. The molecule has 10 aromatic rings. The standard InChI is InChI=1S/C65H58N2O/c1-5-46(49-26-35-60(36-27-49)68-61-37-28-51-20-21-53(51)41-61)40-45(4)48-16-18-50(19-17-48)54-29-38-64-62(42-54)63-43-55(30-39-65(63)67(64)59-31-22-47(23-32-59)44(2)3)52-24-33-58(34-25-52)66(56-12-8-6-9-13-56)57-14-10-7-11-15-57/h6-19,22-39,41-46H,5,20-21,40H2,1-4H3. The molecule has 334 valence electrons. The van der Waals surface area contributed by atoms with Crippen LogP contribution in [0.5, 0.6) is 11.5 Å². The number of nitrogens with zero attached hydrogens (tertiary/aromatic N) is 2. The molecule has 0 amide bonds. The Hall–Kier alpha value is -7.62. The van der Waals surface area contributed by atoms with Crippen molar-refractivity contribution in [1.82, 2.24) is 4.57 Å². The Labute approximate surface area is 401 Å². The molecule has 1 aliphatic rings. The van der Waals surface area contributed by atoms with Gasteiger partial charge in [-0.2, -0.15) is 0 Å². The predicted octanol–water partition coefficient (Wildman–Crippen LogP) is 18.3. The van der Waals surface area contributed by atoms with Crippen LogP contribution in [0.15, 0.2) is 212 Å². The van der Waals surface area contributed by atoms with E-state index in [-0.39, 0.29) is 0 Å². The molecule has 0 radical (unpaired) electrons. The van der Waals surface area contributed by atoms with E-state index in [1.54, 1.807) is 0 Å². The van der Waals surface area contributed by atoms with Crippen molar-refractivity contribution < 1.29 is 4.74 Å². The maximum Gasteiger partial charge on any atom is 0.127 e. The molecule has 0 N–H and O–H groups in total. The number of fused-ring (bicyclic) bond motifs is 4. The quantitative estimate of drug-likeness (QED) is 0.108. The number of benzene rings is 9. The van der Waals surface area contributed by atoms with Gasteiger partial charge in [0.05, 0.1) is 11.0 Å². The molecule has 11 rings (SSSR count). The second-order valence-corrected chi connectivity index (χ2v) is 19.1. The molecule has 0 spiro atoms. The zero-order chi connectivity index (χ0) is 46.1. The first-order chi connectivity index (χ1) is 33.4. The molecule has 0 fully saturated rings. The second kappa shape index (κ2) is 18.6. The van der Waals surface area contributed by atoms with Crippen molar-refractivity contribution in [3.05, 3.63) is 240 Å². The molecule has 3 heteroatoms. The van der Waals surface area contributed by atoms with E-state index in [0.29, 0.717) is 17.8 Å². The highest BCUT2D eigenvalue weighted by Gasteiger charge is 2.19.